The molecule has 0 saturated carbocycles. The van der Waals surface area contributed by atoms with E-state index in [4.69, 9.17) is 11.6 Å². The van der Waals surface area contributed by atoms with Gasteiger partial charge in [0.05, 0.1) is 29.7 Å². The molecular formula is C24H18ClFN6O2. The van der Waals surface area contributed by atoms with E-state index in [1.165, 1.54) is 33.6 Å². The van der Waals surface area contributed by atoms with E-state index in [9.17, 15) is 14.0 Å². The van der Waals surface area contributed by atoms with Crippen LogP contribution in [0.5, 0.6) is 0 Å². The van der Waals surface area contributed by atoms with Gasteiger partial charge in [0.2, 0.25) is 0 Å². The molecule has 0 aliphatic rings. The molecule has 170 valence electrons. The van der Waals surface area contributed by atoms with Gasteiger partial charge in [0, 0.05) is 18.0 Å². The number of pyridine rings is 2. The number of aryl methyl sites for hydroxylation is 1. The van der Waals surface area contributed by atoms with Crippen molar-refractivity contribution in [1.29, 1.82) is 0 Å². The van der Waals surface area contributed by atoms with Crippen molar-refractivity contribution >= 4 is 22.5 Å². The number of aromatic nitrogens is 6. The maximum atomic E-state index is 13.6. The zero-order chi connectivity index (χ0) is 23.8. The number of halogens is 2. The van der Waals surface area contributed by atoms with E-state index in [0.717, 1.165) is 5.56 Å². The summed E-state index contributed by atoms with van der Waals surface area (Å²) in [6, 6.07) is 15.9. The molecule has 4 aromatic heterocycles. The van der Waals surface area contributed by atoms with E-state index in [0.29, 0.717) is 33.3 Å². The number of fused-ring (bicyclic) bond motifs is 1. The van der Waals surface area contributed by atoms with Gasteiger partial charge in [-0.2, -0.15) is 9.78 Å². The lowest BCUT2D eigenvalue weighted by atomic mass is 10.2. The Hall–Kier alpha value is -4.11. The van der Waals surface area contributed by atoms with E-state index in [1.807, 2.05) is 0 Å². The Labute approximate surface area is 197 Å². The third-order valence-corrected chi connectivity index (χ3v) is 5.80. The molecule has 8 nitrogen and oxygen atoms in total. The average Bonchev–Trinajstić information content (AvgIpc) is 3.09. The van der Waals surface area contributed by atoms with Crippen molar-refractivity contribution < 1.29 is 4.39 Å². The van der Waals surface area contributed by atoms with Crippen molar-refractivity contribution in [2.45, 2.75) is 20.0 Å². The summed E-state index contributed by atoms with van der Waals surface area (Å²) in [6.07, 6.45) is 1.51. The highest BCUT2D eigenvalue weighted by Gasteiger charge is 2.21. The van der Waals surface area contributed by atoms with Crippen LogP contribution in [0.25, 0.3) is 16.7 Å². The smallest absolute Gasteiger partial charge is 0.282 e. The summed E-state index contributed by atoms with van der Waals surface area (Å²) in [4.78, 5) is 31.1. The fraction of sp³-hybridized carbons (Fsp3) is 0.125. The van der Waals surface area contributed by atoms with E-state index in [-0.39, 0.29) is 30.0 Å². The van der Waals surface area contributed by atoms with E-state index in [1.54, 1.807) is 54.1 Å². The molecular weight excluding hydrogens is 459 g/mol. The second-order valence-corrected chi connectivity index (χ2v) is 8.14. The summed E-state index contributed by atoms with van der Waals surface area (Å²) in [5, 5.41) is 8.68. The molecule has 34 heavy (non-hydrogen) atoms. The standard InChI is InChI=1S/C24H18ClFN6O2/c1-15-23-19(12-22(33)30(15)14-18-4-2-5-20(25)28-18)31(13-16-7-9-17(26)10-8-16)32(24(23)34)21-6-3-11-27-29-21/h2-12H,13-14H2,1H3. The molecule has 0 spiro atoms. The number of hydrogen-bond donors (Lipinski definition) is 0. The normalized spacial score (nSPS) is 11.3. The molecule has 5 rings (SSSR count). The van der Waals surface area contributed by atoms with E-state index >= 15 is 0 Å². The first-order chi connectivity index (χ1) is 16.4. The quantitative estimate of drug-likeness (QED) is 0.363. The van der Waals surface area contributed by atoms with Gasteiger partial charge in [-0.3, -0.25) is 14.3 Å². The molecule has 10 heteroatoms. The Morgan fingerprint density at radius 3 is 2.50 bits per heavy atom. The molecule has 0 aliphatic carbocycles. The van der Waals surface area contributed by atoms with Crippen LogP contribution >= 0.6 is 11.6 Å². The van der Waals surface area contributed by atoms with Gasteiger partial charge in [0.1, 0.15) is 11.0 Å². The van der Waals surface area contributed by atoms with Crippen LogP contribution in [0, 0.1) is 12.7 Å². The van der Waals surface area contributed by atoms with Gasteiger partial charge in [-0.1, -0.05) is 29.8 Å². The van der Waals surface area contributed by atoms with Gasteiger partial charge in [-0.15, -0.1) is 5.10 Å². The highest BCUT2D eigenvalue weighted by atomic mass is 35.5. The van der Waals surface area contributed by atoms with Crippen molar-refractivity contribution in [3.05, 3.63) is 115 Å². The summed E-state index contributed by atoms with van der Waals surface area (Å²) >= 11 is 6.00. The molecule has 0 saturated heterocycles. The summed E-state index contributed by atoms with van der Waals surface area (Å²) in [6.45, 7) is 2.10. The van der Waals surface area contributed by atoms with Crippen LogP contribution in [-0.2, 0) is 13.1 Å². The number of nitrogens with zero attached hydrogens (tertiary/aromatic N) is 6. The van der Waals surface area contributed by atoms with Crippen LogP contribution in [-0.4, -0.2) is 29.1 Å². The van der Waals surface area contributed by atoms with Crippen LogP contribution in [0.1, 0.15) is 17.0 Å². The first-order valence-corrected chi connectivity index (χ1v) is 10.8. The minimum atomic E-state index is -0.360. The molecule has 0 unspecified atom stereocenters. The Morgan fingerprint density at radius 1 is 1.00 bits per heavy atom. The number of benzene rings is 1. The van der Waals surface area contributed by atoms with E-state index in [2.05, 4.69) is 15.2 Å². The zero-order valence-electron chi connectivity index (χ0n) is 18.0. The molecule has 0 bridgehead atoms. The molecule has 0 radical (unpaired) electrons. The lowest BCUT2D eigenvalue weighted by molar-refractivity contribution is 0.593. The minimum Gasteiger partial charge on any atom is -0.306 e. The highest BCUT2D eigenvalue weighted by molar-refractivity contribution is 6.29. The monoisotopic (exact) mass is 476 g/mol. The van der Waals surface area contributed by atoms with E-state index < -0.39 is 0 Å². The summed E-state index contributed by atoms with van der Waals surface area (Å²) in [5.41, 5.74) is 1.64. The Balaban J connectivity index is 1.75. The summed E-state index contributed by atoms with van der Waals surface area (Å²) in [7, 11) is 0. The topological polar surface area (TPSA) is 87.6 Å². The largest absolute Gasteiger partial charge is 0.306 e. The average molecular weight is 477 g/mol. The predicted octanol–water partition coefficient (Wildman–Crippen LogP) is 3.34. The second-order valence-electron chi connectivity index (χ2n) is 7.75. The second kappa shape index (κ2) is 8.68. The molecule has 0 aliphatic heterocycles. The van der Waals surface area contributed by atoms with Gasteiger partial charge in [0.15, 0.2) is 5.82 Å². The van der Waals surface area contributed by atoms with Crippen LogP contribution < -0.4 is 11.1 Å². The van der Waals surface area contributed by atoms with Crippen molar-refractivity contribution in [1.82, 2.24) is 29.1 Å². The van der Waals surface area contributed by atoms with Gasteiger partial charge in [-0.05, 0) is 48.9 Å². The molecule has 0 amide bonds. The lowest BCUT2D eigenvalue weighted by Gasteiger charge is -2.13. The van der Waals surface area contributed by atoms with Gasteiger partial charge < -0.3 is 4.57 Å². The molecule has 4 heterocycles. The molecule has 1 aromatic carbocycles. The van der Waals surface area contributed by atoms with Crippen LogP contribution in [0.4, 0.5) is 4.39 Å². The van der Waals surface area contributed by atoms with Crippen LogP contribution in [0.3, 0.4) is 0 Å². The van der Waals surface area contributed by atoms with Crippen molar-refractivity contribution in [3.63, 3.8) is 0 Å². The molecule has 0 atom stereocenters. The Morgan fingerprint density at radius 2 is 1.79 bits per heavy atom. The minimum absolute atomic E-state index is 0.162. The van der Waals surface area contributed by atoms with Crippen molar-refractivity contribution in [2.24, 2.45) is 0 Å². The fourth-order valence-corrected chi connectivity index (χ4v) is 4.17. The SMILES string of the molecule is Cc1c2c(=O)n(-c3cccnn3)n(Cc3ccc(F)cc3)c2cc(=O)n1Cc1cccc(Cl)n1. The molecule has 5 aromatic rings. The van der Waals surface area contributed by atoms with Crippen LogP contribution in [0.15, 0.2) is 76.4 Å². The number of hydrogen-bond acceptors (Lipinski definition) is 5. The van der Waals surface area contributed by atoms with Gasteiger partial charge >= 0.3 is 0 Å². The first-order valence-electron chi connectivity index (χ1n) is 10.4. The fourth-order valence-electron chi connectivity index (χ4n) is 3.99. The van der Waals surface area contributed by atoms with Gasteiger partial charge in [0.25, 0.3) is 11.1 Å². The third-order valence-electron chi connectivity index (χ3n) is 5.59. The zero-order valence-corrected chi connectivity index (χ0v) is 18.8. The highest BCUT2D eigenvalue weighted by Crippen LogP contribution is 2.19. The lowest BCUT2D eigenvalue weighted by Crippen LogP contribution is -2.24. The maximum absolute atomic E-state index is 13.6. The van der Waals surface area contributed by atoms with Crippen molar-refractivity contribution in [3.8, 4) is 5.82 Å². The Bertz CT molecular complexity index is 1620. The van der Waals surface area contributed by atoms with Crippen LogP contribution in [0.2, 0.25) is 5.15 Å². The first kappa shape index (κ1) is 21.7. The third kappa shape index (κ3) is 3.90. The number of rotatable bonds is 5. The maximum Gasteiger partial charge on any atom is 0.282 e. The molecule has 0 fully saturated rings. The molecule has 0 N–H and O–H groups in total. The van der Waals surface area contributed by atoms with Crippen molar-refractivity contribution in [2.75, 3.05) is 0 Å². The van der Waals surface area contributed by atoms with Gasteiger partial charge in [-0.25, -0.2) is 9.37 Å². The summed E-state index contributed by atoms with van der Waals surface area (Å²) in [5.74, 6) is -0.0542. The summed E-state index contributed by atoms with van der Waals surface area (Å²) < 4.78 is 18.0. The Kier molecular flexibility index (Phi) is 5.54. The predicted molar refractivity (Wildman–Crippen MR) is 126 cm³/mol.